The van der Waals surface area contributed by atoms with Crippen LogP contribution in [-0.2, 0) is 32.6 Å². The summed E-state index contributed by atoms with van der Waals surface area (Å²) < 4.78 is 43.7. The highest BCUT2D eigenvalue weighted by Crippen LogP contribution is 2.33. The van der Waals surface area contributed by atoms with E-state index in [-0.39, 0.29) is 39.2 Å². The van der Waals surface area contributed by atoms with Crippen molar-refractivity contribution in [3.8, 4) is 0 Å². The molecule has 7 nitrogen and oxygen atoms in total. The minimum atomic E-state index is -4.35. The largest absolute Gasteiger partial charge is 0.355 e. The predicted octanol–water partition coefficient (Wildman–Crippen LogP) is 6.10. The summed E-state index contributed by atoms with van der Waals surface area (Å²) >= 11 is 12.7. The second kappa shape index (κ2) is 14.5. The monoisotopic (exact) mass is 641 g/mol. The van der Waals surface area contributed by atoms with Gasteiger partial charge in [-0.05, 0) is 48.9 Å². The fourth-order valence-corrected chi connectivity index (χ4v) is 6.45. The zero-order valence-corrected chi connectivity index (χ0v) is 25.6. The number of rotatable bonds is 12. The third-order valence-electron chi connectivity index (χ3n) is 6.71. The number of carbonyl (C=O) groups is 2. The van der Waals surface area contributed by atoms with Crippen LogP contribution in [0.3, 0.4) is 0 Å². The molecule has 0 saturated carbocycles. The van der Waals surface area contributed by atoms with Crippen LogP contribution in [-0.4, -0.2) is 44.3 Å². The van der Waals surface area contributed by atoms with Crippen molar-refractivity contribution in [3.63, 3.8) is 0 Å². The van der Waals surface area contributed by atoms with Crippen LogP contribution in [0.2, 0.25) is 10.0 Å². The molecule has 43 heavy (non-hydrogen) atoms. The topological polar surface area (TPSA) is 86.8 Å². The van der Waals surface area contributed by atoms with Gasteiger partial charge in [0.15, 0.2) is 0 Å². The number of hydrogen-bond donors (Lipinski definition) is 1. The van der Waals surface area contributed by atoms with Crippen LogP contribution in [0.1, 0.15) is 18.1 Å². The number of nitrogens with zero attached hydrogens (tertiary/aromatic N) is 2. The zero-order valence-electron chi connectivity index (χ0n) is 23.3. The summed E-state index contributed by atoms with van der Waals surface area (Å²) in [6.45, 7) is 1.01. The first-order chi connectivity index (χ1) is 20.6. The van der Waals surface area contributed by atoms with Crippen LogP contribution in [0, 0.1) is 5.82 Å². The number of nitrogens with one attached hydrogen (secondary N) is 1. The van der Waals surface area contributed by atoms with E-state index >= 15 is 0 Å². The van der Waals surface area contributed by atoms with E-state index in [1.54, 1.807) is 31.2 Å². The lowest BCUT2D eigenvalue weighted by molar-refractivity contribution is -0.140. The third kappa shape index (κ3) is 7.93. The van der Waals surface area contributed by atoms with E-state index < -0.39 is 40.2 Å². The molecule has 4 rings (SSSR count). The summed E-state index contributed by atoms with van der Waals surface area (Å²) in [5.74, 6) is -1.78. The molecule has 0 saturated heterocycles. The zero-order chi connectivity index (χ0) is 31.0. The Morgan fingerprint density at radius 2 is 1.51 bits per heavy atom. The Morgan fingerprint density at radius 3 is 2.16 bits per heavy atom. The Morgan fingerprint density at radius 1 is 0.884 bits per heavy atom. The van der Waals surface area contributed by atoms with E-state index in [9.17, 15) is 22.4 Å². The Balaban J connectivity index is 1.83. The molecule has 0 spiro atoms. The van der Waals surface area contributed by atoms with Crippen LogP contribution in [0.15, 0.2) is 108 Å². The Labute approximate surface area is 260 Å². The summed E-state index contributed by atoms with van der Waals surface area (Å²) in [4.78, 5) is 28.9. The predicted molar refractivity (Wildman–Crippen MR) is 167 cm³/mol. The van der Waals surface area contributed by atoms with E-state index in [0.29, 0.717) is 6.54 Å². The highest BCUT2D eigenvalue weighted by atomic mass is 35.5. The summed E-state index contributed by atoms with van der Waals surface area (Å²) in [6, 6.07) is 25.8. The minimum absolute atomic E-state index is 0.0187. The molecule has 0 fully saturated rings. The first-order valence-electron chi connectivity index (χ1n) is 13.5. The normalized spacial score (nSPS) is 11.9. The van der Waals surface area contributed by atoms with Crippen molar-refractivity contribution < 1.29 is 22.4 Å². The van der Waals surface area contributed by atoms with Gasteiger partial charge in [-0.3, -0.25) is 13.9 Å². The lowest BCUT2D eigenvalue weighted by atomic mass is 10.0. The summed E-state index contributed by atoms with van der Waals surface area (Å²) in [5.41, 5.74) is 0.906. The first-order valence-corrected chi connectivity index (χ1v) is 15.7. The van der Waals surface area contributed by atoms with Gasteiger partial charge in [0.1, 0.15) is 18.4 Å². The van der Waals surface area contributed by atoms with Crippen molar-refractivity contribution in [3.05, 3.63) is 130 Å². The van der Waals surface area contributed by atoms with Crippen LogP contribution in [0.4, 0.5) is 10.1 Å². The second-order valence-corrected chi connectivity index (χ2v) is 12.3. The second-order valence-electron chi connectivity index (χ2n) is 9.63. The molecule has 0 radical (unpaired) electrons. The fraction of sp³-hybridized carbons (Fsp3) is 0.188. The average molecular weight is 643 g/mol. The molecule has 0 aliphatic rings. The molecule has 1 N–H and O–H groups in total. The van der Waals surface area contributed by atoms with Crippen LogP contribution in [0.25, 0.3) is 0 Å². The van der Waals surface area contributed by atoms with Gasteiger partial charge in [0.05, 0.1) is 15.6 Å². The number of likely N-dealkylation sites (N-methyl/N-ethyl adjacent to an activating group) is 1. The van der Waals surface area contributed by atoms with Crippen molar-refractivity contribution in [1.29, 1.82) is 0 Å². The van der Waals surface area contributed by atoms with Crippen LogP contribution < -0.4 is 9.62 Å². The van der Waals surface area contributed by atoms with Crippen molar-refractivity contribution in [2.75, 3.05) is 17.4 Å². The molecule has 1 atom stereocenters. The van der Waals surface area contributed by atoms with Gasteiger partial charge in [0.25, 0.3) is 10.0 Å². The molecule has 0 heterocycles. The fourth-order valence-electron chi connectivity index (χ4n) is 4.57. The number of halogens is 3. The molecule has 0 aromatic heterocycles. The summed E-state index contributed by atoms with van der Waals surface area (Å²) in [5, 5.41) is 3.01. The maximum atomic E-state index is 14.9. The van der Waals surface area contributed by atoms with Crippen LogP contribution >= 0.6 is 23.2 Å². The number of sulfonamides is 1. The van der Waals surface area contributed by atoms with Gasteiger partial charge in [0, 0.05) is 30.1 Å². The Hall–Kier alpha value is -3.92. The number of amides is 2. The molecule has 0 aliphatic carbocycles. The minimum Gasteiger partial charge on any atom is -0.355 e. The lowest BCUT2D eigenvalue weighted by Crippen LogP contribution is -2.53. The van der Waals surface area contributed by atoms with Gasteiger partial charge >= 0.3 is 0 Å². The van der Waals surface area contributed by atoms with Crippen LogP contribution in [0.5, 0.6) is 0 Å². The molecule has 0 aliphatic heterocycles. The highest BCUT2D eigenvalue weighted by molar-refractivity contribution is 7.92. The molecule has 4 aromatic carbocycles. The Bertz CT molecular complexity index is 1670. The number of carbonyl (C=O) groups excluding carboxylic acids is 2. The van der Waals surface area contributed by atoms with Gasteiger partial charge < -0.3 is 10.2 Å². The van der Waals surface area contributed by atoms with Crippen molar-refractivity contribution in [2.24, 2.45) is 0 Å². The number of hydrogen-bond acceptors (Lipinski definition) is 4. The van der Waals surface area contributed by atoms with E-state index in [2.05, 4.69) is 5.32 Å². The maximum absolute atomic E-state index is 14.9. The van der Waals surface area contributed by atoms with Crippen molar-refractivity contribution >= 4 is 50.7 Å². The van der Waals surface area contributed by atoms with E-state index in [1.807, 2.05) is 30.3 Å². The van der Waals surface area contributed by atoms with E-state index in [1.165, 1.54) is 53.4 Å². The first kappa shape index (κ1) is 32.0. The molecule has 1 unspecified atom stereocenters. The highest BCUT2D eigenvalue weighted by Gasteiger charge is 2.35. The van der Waals surface area contributed by atoms with E-state index in [4.69, 9.17) is 23.2 Å². The quantitative estimate of drug-likeness (QED) is 0.202. The number of anilines is 1. The maximum Gasteiger partial charge on any atom is 0.264 e. The number of benzene rings is 4. The van der Waals surface area contributed by atoms with Gasteiger partial charge in [-0.25, -0.2) is 12.8 Å². The smallest absolute Gasteiger partial charge is 0.264 e. The SMILES string of the molecule is CCNC(=O)C(Cc1ccccc1)N(Cc1ccccc1F)C(=O)CN(c1cc(Cl)ccc1Cl)S(=O)(=O)c1ccccc1. The summed E-state index contributed by atoms with van der Waals surface area (Å²) in [6.07, 6.45) is 0.107. The molecule has 2 amide bonds. The summed E-state index contributed by atoms with van der Waals surface area (Å²) in [7, 11) is -4.35. The van der Waals surface area contributed by atoms with Gasteiger partial charge in [-0.1, -0.05) is 89.9 Å². The molecular formula is C32H30Cl2FN3O4S. The van der Waals surface area contributed by atoms with Gasteiger partial charge in [-0.15, -0.1) is 0 Å². The Kier molecular flexibility index (Phi) is 10.8. The molecule has 0 bridgehead atoms. The average Bonchev–Trinajstić information content (AvgIpc) is 3.00. The van der Waals surface area contributed by atoms with E-state index in [0.717, 1.165) is 9.87 Å². The van der Waals surface area contributed by atoms with Gasteiger partial charge in [0.2, 0.25) is 11.8 Å². The lowest BCUT2D eigenvalue weighted by Gasteiger charge is -2.34. The van der Waals surface area contributed by atoms with Crippen molar-refractivity contribution in [2.45, 2.75) is 30.8 Å². The standard InChI is InChI=1S/C32H30Cl2FN3O4S/c1-2-36-32(40)30(19-23-11-5-3-6-12-23)37(21-24-13-9-10-16-28(24)35)31(39)22-38(29-20-25(33)17-18-27(29)34)43(41,42)26-14-7-4-8-15-26/h3-18,20,30H,2,19,21-22H2,1H3,(H,36,40). The third-order valence-corrected chi connectivity index (χ3v) is 9.04. The van der Waals surface area contributed by atoms with Gasteiger partial charge in [-0.2, -0.15) is 0 Å². The van der Waals surface area contributed by atoms with Crippen molar-refractivity contribution in [1.82, 2.24) is 10.2 Å². The molecule has 224 valence electrons. The molecular weight excluding hydrogens is 612 g/mol. The molecule has 4 aromatic rings. The molecule has 11 heteroatoms.